The van der Waals surface area contributed by atoms with Crippen molar-refractivity contribution in [1.82, 2.24) is 5.16 Å². The molecule has 1 aromatic carbocycles. The average Bonchev–Trinajstić information content (AvgIpc) is 3.18. The van der Waals surface area contributed by atoms with E-state index in [9.17, 15) is 19.5 Å². The Bertz CT molecular complexity index is 1190. The summed E-state index contributed by atoms with van der Waals surface area (Å²) in [4.78, 5) is 41.0. The second-order valence-electron chi connectivity index (χ2n) is 9.79. The molecule has 0 aliphatic heterocycles. The highest BCUT2D eigenvalue weighted by Crippen LogP contribution is 2.37. The van der Waals surface area contributed by atoms with E-state index in [1.807, 2.05) is 44.2 Å². The van der Waals surface area contributed by atoms with Gasteiger partial charge in [-0.1, -0.05) is 49.3 Å². The third-order valence-electron chi connectivity index (χ3n) is 6.39. The number of rotatable bonds is 7. The van der Waals surface area contributed by atoms with Crippen molar-refractivity contribution >= 4 is 23.2 Å². The fourth-order valence-electron chi connectivity index (χ4n) is 4.87. The molecule has 1 heterocycles. The van der Waals surface area contributed by atoms with Crippen molar-refractivity contribution in [1.29, 1.82) is 0 Å². The monoisotopic (exact) mass is 464 g/mol. The maximum Gasteiger partial charge on any atom is 0.325 e. The van der Waals surface area contributed by atoms with Gasteiger partial charge in [0.25, 0.3) is 0 Å². The van der Waals surface area contributed by atoms with Crippen LogP contribution in [-0.4, -0.2) is 45.2 Å². The number of carbonyl (C=O) groups is 3. The molecule has 0 spiro atoms. The molecule has 34 heavy (non-hydrogen) atoms. The third kappa shape index (κ3) is 5.00. The Morgan fingerprint density at radius 3 is 2.56 bits per heavy atom. The molecule has 1 aromatic heterocycles. The quantitative estimate of drug-likeness (QED) is 0.586. The molecule has 2 N–H and O–H groups in total. The standard InChI is InChI=1S/C26H28N2O6/c1-26(2)12-20(30)24(21(31)13-26)17(27-14-23(32)33)8-9-18-25-19(29)10-16(11-22(25)34-28-18)15-6-4-3-5-7-15/h3-7,16,30H,8-14H2,1-2H3,(H,32,33). The summed E-state index contributed by atoms with van der Waals surface area (Å²) < 4.78 is 5.52. The normalized spacial score (nSPS) is 20.4. The number of aliphatic imine (C=N–C) groups is 1. The lowest BCUT2D eigenvalue weighted by Crippen LogP contribution is -2.30. The van der Waals surface area contributed by atoms with Gasteiger partial charge in [0.2, 0.25) is 0 Å². The molecule has 0 saturated carbocycles. The zero-order valence-electron chi connectivity index (χ0n) is 19.3. The first-order valence-corrected chi connectivity index (χ1v) is 11.4. The van der Waals surface area contributed by atoms with Gasteiger partial charge in [-0.25, -0.2) is 0 Å². The Labute approximate surface area is 197 Å². The number of fused-ring (bicyclic) bond motifs is 1. The van der Waals surface area contributed by atoms with Gasteiger partial charge in [0.1, 0.15) is 18.1 Å². The number of ketones is 2. The van der Waals surface area contributed by atoms with Crippen LogP contribution in [0.15, 0.2) is 51.2 Å². The van der Waals surface area contributed by atoms with Crippen LogP contribution in [0.2, 0.25) is 0 Å². The molecule has 178 valence electrons. The van der Waals surface area contributed by atoms with Crippen molar-refractivity contribution < 1.29 is 29.1 Å². The van der Waals surface area contributed by atoms with E-state index in [0.717, 1.165) is 5.56 Å². The summed E-state index contributed by atoms with van der Waals surface area (Å²) in [5.74, 6) is -0.951. The Kier molecular flexibility index (Phi) is 6.50. The minimum Gasteiger partial charge on any atom is -0.511 e. The maximum absolute atomic E-state index is 13.0. The molecular weight excluding hydrogens is 436 g/mol. The van der Waals surface area contributed by atoms with E-state index < -0.39 is 12.5 Å². The van der Waals surface area contributed by atoms with Gasteiger partial charge in [0.05, 0.1) is 22.5 Å². The van der Waals surface area contributed by atoms with Crippen LogP contribution < -0.4 is 0 Å². The highest BCUT2D eigenvalue weighted by atomic mass is 16.5. The maximum atomic E-state index is 13.0. The molecule has 0 bridgehead atoms. The highest BCUT2D eigenvalue weighted by molar-refractivity contribution is 6.23. The van der Waals surface area contributed by atoms with E-state index in [-0.39, 0.29) is 59.2 Å². The van der Waals surface area contributed by atoms with E-state index in [4.69, 9.17) is 9.63 Å². The van der Waals surface area contributed by atoms with Crippen LogP contribution in [-0.2, 0) is 22.4 Å². The Balaban J connectivity index is 1.56. The van der Waals surface area contributed by atoms with Crippen molar-refractivity contribution in [2.75, 3.05) is 6.54 Å². The minimum absolute atomic E-state index is 0.0278. The first-order valence-electron chi connectivity index (χ1n) is 11.4. The molecule has 4 rings (SSSR count). The number of carboxylic acid groups (broad SMARTS) is 1. The van der Waals surface area contributed by atoms with Gasteiger partial charge >= 0.3 is 5.97 Å². The van der Waals surface area contributed by atoms with Crippen LogP contribution in [0, 0.1) is 5.41 Å². The van der Waals surface area contributed by atoms with E-state index in [1.165, 1.54) is 0 Å². The molecule has 8 nitrogen and oxygen atoms in total. The molecule has 0 radical (unpaired) electrons. The molecule has 0 fully saturated rings. The number of aryl methyl sites for hydroxylation is 1. The predicted molar refractivity (Wildman–Crippen MR) is 124 cm³/mol. The Hall–Kier alpha value is -3.55. The van der Waals surface area contributed by atoms with Gasteiger partial charge in [-0.2, -0.15) is 0 Å². The molecule has 2 aliphatic rings. The van der Waals surface area contributed by atoms with Crippen LogP contribution in [0.1, 0.15) is 72.8 Å². The number of aliphatic carboxylic acids is 1. The van der Waals surface area contributed by atoms with Crippen molar-refractivity contribution in [2.45, 2.75) is 58.3 Å². The van der Waals surface area contributed by atoms with E-state index >= 15 is 0 Å². The minimum atomic E-state index is -1.14. The number of Topliss-reactive ketones (excluding diaryl/α,β-unsaturated/α-hetero) is 2. The number of allylic oxidation sites excluding steroid dienone is 2. The zero-order chi connectivity index (χ0) is 24.5. The number of carbonyl (C=O) groups excluding carboxylic acids is 2. The van der Waals surface area contributed by atoms with Gasteiger partial charge in [-0.3, -0.25) is 19.4 Å². The lowest BCUT2D eigenvalue weighted by Gasteiger charge is -2.30. The number of nitrogens with zero attached hydrogens (tertiary/aromatic N) is 2. The van der Waals surface area contributed by atoms with Crippen LogP contribution in [0.4, 0.5) is 0 Å². The zero-order valence-corrected chi connectivity index (χ0v) is 19.3. The van der Waals surface area contributed by atoms with Crippen LogP contribution in [0.25, 0.3) is 0 Å². The number of carboxylic acids is 1. The van der Waals surface area contributed by atoms with Crippen molar-refractivity contribution in [3.8, 4) is 0 Å². The number of hydrogen-bond acceptors (Lipinski definition) is 7. The second-order valence-corrected chi connectivity index (χ2v) is 9.79. The SMILES string of the molecule is CC1(C)CC(=O)C(C(CCc2noc3c2C(=O)CC(c2ccccc2)C3)=NCC(=O)O)=C(O)C1. The summed E-state index contributed by atoms with van der Waals surface area (Å²) in [6, 6.07) is 9.80. The smallest absolute Gasteiger partial charge is 0.325 e. The molecular formula is C26H28N2O6. The van der Waals surface area contributed by atoms with Crippen molar-refractivity contribution in [2.24, 2.45) is 10.4 Å². The molecule has 2 aromatic rings. The fraction of sp³-hybridized carbons (Fsp3) is 0.423. The summed E-state index contributed by atoms with van der Waals surface area (Å²) in [5, 5.41) is 23.8. The van der Waals surface area contributed by atoms with Gasteiger partial charge < -0.3 is 14.7 Å². The van der Waals surface area contributed by atoms with Gasteiger partial charge in [-0.15, -0.1) is 0 Å². The van der Waals surface area contributed by atoms with E-state index in [2.05, 4.69) is 10.1 Å². The largest absolute Gasteiger partial charge is 0.511 e. The van der Waals surface area contributed by atoms with Crippen LogP contribution in [0.5, 0.6) is 0 Å². The van der Waals surface area contributed by atoms with Crippen LogP contribution in [0.3, 0.4) is 0 Å². The molecule has 0 saturated heterocycles. The first-order chi connectivity index (χ1) is 16.1. The summed E-state index contributed by atoms with van der Waals surface area (Å²) in [7, 11) is 0. The molecule has 0 amide bonds. The summed E-state index contributed by atoms with van der Waals surface area (Å²) in [6.45, 7) is 3.27. The summed E-state index contributed by atoms with van der Waals surface area (Å²) >= 11 is 0. The van der Waals surface area contributed by atoms with Crippen molar-refractivity contribution in [3.05, 3.63) is 64.2 Å². The Morgan fingerprint density at radius 1 is 1.15 bits per heavy atom. The van der Waals surface area contributed by atoms with Crippen molar-refractivity contribution in [3.63, 3.8) is 0 Å². The Morgan fingerprint density at radius 2 is 1.88 bits per heavy atom. The number of aliphatic hydroxyl groups is 1. The fourth-order valence-corrected chi connectivity index (χ4v) is 4.87. The van der Waals surface area contributed by atoms with Gasteiger partial charge in [0.15, 0.2) is 11.6 Å². The summed E-state index contributed by atoms with van der Waals surface area (Å²) in [5.41, 5.74) is 1.95. The van der Waals surface area contributed by atoms with Gasteiger partial charge in [-0.05, 0) is 29.7 Å². The molecule has 1 atom stereocenters. The van der Waals surface area contributed by atoms with Crippen LogP contribution >= 0.6 is 0 Å². The van der Waals surface area contributed by atoms with E-state index in [1.54, 1.807) is 0 Å². The lowest BCUT2D eigenvalue weighted by atomic mass is 9.75. The summed E-state index contributed by atoms with van der Waals surface area (Å²) in [6.07, 6.45) is 1.86. The second kappa shape index (κ2) is 9.37. The number of aromatic nitrogens is 1. The highest BCUT2D eigenvalue weighted by Gasteiger charge is 2.36. The van der Waals surface area contributed by atoms with E-state index in [0.29, 0.717) is 36.3 Å². The average molecular weight is 465 g/mol. The topological polar surface area (TPSA) is 130 Å². The molecule has 1 unspecified atom stereocenters. The first kappa shape index (κ1) is 23.6. The van der Waals surface area contributed by atoms with Gasteiger partial charge in [0, 0.05) is 25.7 Å². The lowest BCUT2D eigenvalue weighted by molar-refractivity contribution is -0.135. The molecule has 2 aliphatic carbocycles. The predicted octanol–water partition coefficient (Wildman–Crippen LogP) is 4.25. The molecule has 8 heteroatoms. The number of benzene rings is 1. The number of hydrogen-bond donors (Lipinski definition) is 2. The number of aliphatic hydroxyl groups excluding tert-OH is 1. The third-order valence-corrected chi connectivity index (χ3v) is 6.39.